The van der Waals surface area contributed by atoms with Gasteiger partial charge in [-0.3, -0.25) is 19.4 Å². The maximum Gasteiger partial charge on any atom is 0.242 e. The van der Waals surface area contributed by atoms with Crippen molar-refractivity contribution in [3.8, 4) is 17.5 Å². The molecule has 1 fully saturated rings. The molecule has 158 valence electrons. The normalized spacial score (nSPS) is 14.4. The highest BCUT2D eigenvalue weighted by atomic mass is 32.1. The van der Waals surface area contributed by atoms with Gasteiger partial charge in [0.2, 0.25) is 5.91 Å². The number of nitriles is 1. The van der Waals surface area contributed by atoms with Gasteiger partial charge in [0.25, 0.3) is 0 Å². The molecule has 1 amide bonds. The predicted molar refractivity (Wildman–Crippen MR) is 121 cm³/mol. The second-order valence-corrected chi connectivity index (χ2v) is 8.16. The molecule has 0 radical (unpaired) electrons. The first kappa shape index (κ1) is 21.0. The monoisotopic (exact) mass is 432 g/mol. The SMILES string of the molecule is Cc1ccc(-c2n[nH]c(=S)n2CC(=O)N2CCN(Cc3ccc(C#N)cc3)CC2)cc1. The van der Waals surface area contributed by atoms with Gasteiger partial charge < -0.3 is 4.90 Å². The number of aryl methyl sites for hydroxylation is 1. The van der Waals surface area contributed by atoms with Crippen LogP contribution in [0.25, 0.3) is 11.4 Å². The molecule has 31 heavy (non-hydrogen) atoms. The highest BCUT2D eigenvalue weighted by Crippen LogP contribution is 2.18. The fourth-order valence-corrected chi connectivity index (χ4v) is 3.92. The Morgan fingerprint density at radius 3 is 2.42 bits per heavy atom. The van der Waals surface area contributed by atoms with Crippen molar-refractivity contribution in [2.75, 3.05) is 26.2 Å². The standard InChI is InChI=1S/C23H24N6OS/c1-17-2-8-20(9-3-17)22-25-26-23(31)29(22)16-21(30)28-12-10-27(11-13-28)15-19-6-4-18(14-24)5-7-19/h2-9H,10-13,15-16H2,1H3,(H,26,31). The second-order valence-electron chi connectivity index (χ2n) is 7.77. The summed E-state index contributed by atoms with van der Waals surface area (Å²) in [5.74, 6) is 0.724. The molecular formula is C23H24N6OS. The van der Waals surface area contributed by atoms with E-state index in [1.165, 1.54) is 11.1 Å². The minimum absolute atomic E-state index is 0.0453. The number of piperazine rings is 1. The summed E-state index contributed by atoms with van der Waals surface area (Å²) in [4.78, 5) is 17.2. The number of nitrogens with one attached hydrogen (secondary N) is 1. The van der Waals surface area contributed by atoms with E-state index in [0.717, 1.165) is 25.2 Å². The lowest BCUT2D eigenvalue weighted by atomic mass is 10.1. The highest BCUT2D eigenvalue weighted by Gasteiger charge is 2.22. The van der Waals surface area contributed by atoms with E-state index in [1.54, 1.807) is 4.57 Å². The molecule has 2 aromatic carbocycles. The number of hydrogen-bond acceptors (Lipinski definition) is 5. The van der Waals surface area contributed by atoms with Crippen LogP contribution in [0, 0.1) is 23.0 Å². The van der Waals surface area contributed by atoms with E-state index < -0.39 is 0 Å². The van der Waals surface area contributed by atoms with Crippen LogP contribution in [0.5, 0.6) is 0 Å². The number of H-pyrrole nitrogens is 1. The lowest BCUT2D eigenvalue weighted by molar-refractivity contribution is -0.133. The molecule has 7 nitrogen and oxygen atoms in total. The first-order valence-electron chi connectivity index (χ1n) is 10.2. The number of carbonyl (C=O) groups excluding carboxylic acids is 1. The van der Waals surface area contributed by atoms with Crippen LogP contribution in [0.4, 0.5) is 0 Å². The minimum Gasteiger partial charge on any atom is -0.339 e. The van der Waals surface area contributed by atoms with E-state index >= 15 is 0 Å². The molecule has 0 spiro atoms. The third-order valence-corrected chi connectivity index (χ3v) is 5.89. The molecule has 0 unspecified atom stereocenters. The molecule has 8 heteroatoms. The Bertz CT molecular complexity index is 1150. The smallest absolute Gasteiger partial charge is 0.242 e. The molecule has 3 aromatic rings. The van der Waals surface area contributed by atoms with Crippen LogP contribution in [-0.2, 0) is 17.9 Å². The predicted octanol–water partition coefficient (Wildman–Crippen LogP) is 3.13. The zero-order chi connectivity index (χ0) is 21.8. The van der Waals surface area contributed by atoms with Crippen LogP contribution >= 0.6 is 12.2 Å². The Morgan fingerprint density at radius 2 is 1.77 bits per heavy atom. The third-order valence-electron chi connectivity index (χ3n) is 5.58. The molecule has 1 aliphatic heterocycles. The van der Waals surface area contributed by atoms with E-state index in [2.05, 4.69) is 21.2 Å². The Labute approximate surface area is 186 Å². The molecule has 0 saturated carbocycles. The Balaban J connectivity index is 1.36. The minimum atomic E-state index is 0.0453. The van der Waals surface area contributed by atoms with Crippen LogP contribution in [-0.4, -0.2) is 56.7 Å². The number of amides is 1. The van der Waals surface area contributed by atoms with E-state index in [1.807, 2.05) is 60.4 Å². The summed E-state index contributed by atoms with van der Waals surface area (Å²) in [5.41, 5.74) is 3.94. The van der Waals surface area contributed by atoms with Crippen LogP contribution in [0.2, 0.25) is 0 Å². The van der Waals surface area contributed by atoms with Crippen molar-refractivity contribution in [1.29, 1.82) is 5.26 Å². The van der Waals surface area contributed by atoms with Gasteiger partial charge >= 0.3 is 0 Å². The molecule has 0 atom stereocenters. The van der Waals surface area contributed by atoms with Gasteiger partial charge in [0, 0.05) is 38.3 Å². The summed E-state index contributed by atoms with van der Waals surface area (Å²) in [6, 6.07) is 17.8. The number of aromatic nitrogens is 3. The molecular weight excluding hydrogens is 408 g/mol. The van der Waals surface area contributed by atoms with E-state index in [9.17, 15) is 4.79 Å². The van der Waals surface area contributed by atoms with Crippen LogP contribution in [0.3, 0.4) is 0 Å². The van der Waals surface area contributed by atoms with Gasteiger partial charge in [-0.1, -0.05) is 42.0 Å². The quantitative estimate of drug-likeness (QED) is 0.627. The molecule has 1 saturated heterocycles. The van der Waals surface area contributed by atoms with E-state index in [-0.39, 0.29) is 12.5 Å². The topological polar surface area (TPSA) is 81.0 Å². The number of carbonyl (C=O) groups is 1. The van der Waals surface area contributed by atoms with Gasteiger partial charge in [-0.15, -0.1) is 0 Å². The lowest BCUT2D eigenvalue weighted by Gasteiger charge is -2.35. The summed E-state index contributed by atoms with van der Waals surface area (Å²) in [6.07, 6.45) is 0. The Hall–Kier alpha value is -3.28. The third kappa shape index (κ3) is 4.90. The molecule has 1 aromatic heterocycles. The van der Waals surface area contributed by atoms with Crippen molar-refractivity contribution >= 4 is 18.1 Å². The zero-order valence-corrected chi connectivity index (χ0v) is 18.2. The maximum absolute atomic E-state index is 13.0. The molecule has 4 rings (SSSR count). The summed E-state index contributed by atoms with van der Waals surface area (Å²) < 4.78 is 2.22. The molecule has 0 bridgehead atoms. The number of hydrogen-bond donors (Lipinski definition) is 1. The largest absolute Gasteiger partial charge is 0.339 e. The van der Waals surface area contributed by atoms with Gasteiger partial charge in [-0.05, 0) is 36.8 Å². The van der Waals surface area contributed by atoms with Gasteiger partial charge in [0.1, 0.15) is 6.54 Å². The fourth-order valence-electron chi connectivity index (χ4n) is 3.72. The van der Waals surface area contributed by atoms with Crippen molar-refractivity contribution in [3.05, 3.63) is 70.0 Å². The average molecular weight is 433 g/mol. The van der Waals surface area contributed by atoms with Crippen LogP contribution in [0.1, 0.15) is 16.7 Å². The Kier molecular flexibility index (Phi) is 6.26. The number of rotatable bonds is 5. The second kappa shape index (κ2) is 9.25. The highest BCUT2D eigenvalue weighted by molar-refractivity contribution is 7.71. The molecule has 1 aliphatic rings. The lowest BCUT2D eigenvalue weighted by Crippen LogP contribution is -2.49. The van der Waals surface area contributed by atoms with Crippen molar-refractivity contribution in [3.63, 3.8) is 0 Å². The molecule has 2 heterocycles. The number of benzene rings is 2. The summed E-state index contributed by atoms with van der Waals surface area (Å²) in [6.45, 7) is 6.01. The van der Waals surface area contributed by atoms with Gasteiger partial charge in [0.05, 0.1) is 11.6 Å². The summed E-state index contributed by atoms with van der Waals surface area (Å²) in [7, 11) is 0. The van der Waals surface area contributed by atoms with Crippen LogP contribution in [0.15, 0.2) is 48.5 Å². The summed E-state index contributed by atoms with van der Waals surface area (Å²) >= 11 is 5.37. The molecule has 1 N–H and O–H groups in total. The van der Waals surface area contributed by atoms with Crippen molar-refractivity contribution in [2.24, 2.45) is 0 Å². The van der Waals surface area contributed by atoms with Crippen LogP contribution < -0.4 is 0 Å². The zero-order valence-electron chi connectivity index (χ0n) is 17.4. The van der Waals surface area contributed by atoms with Gasteiger partial charge in [0.15, 0.2) is 10.6 Å². The number of nitrogens with zero attached hydrogens (tertiary/aromatic N) is 5. The van der Waals surface area contributed by atoms with Crippen molar-refractivity contribution in [2.45, 2.75) is 20.0 Å². The van der Waals surface area contributed by atoms with Gasteiger partial charge in [-0.25, -0.2) is 0 Å². The van der Waals surface area contributed by atoms with E-state index in [4.69, 9.17) is 17.5 Å². The average Bonchev–Trinajstić information content (AvgIpc) is 3.15. The molecule has 0 aliphatic carbocycles. The first-order chi connectivity index (χ1) is 15.0. The summed E-state index contributed by atoms with van der Waals surface area (Å²) in [5, 5.41) is 16.1. The first-order valence-corrected chi connectivity index (χ1v) is 10.7. The fraction of sp³-hybridized carbons (Fsp3) is 0.304. The van der Waals surface area contributed by atoms with Crippen molar-refractivity contribution in [1.82, 2.24) is 24.6 Å². The number of aromatic amines is 1. The Morgan fingerprint density at radius 1 is 1.10 bits per heavy atom. The maximum atomic E-state index is 13.0. The van der Waals surface area contributed by atoms with Crippen molar-refractivity contribution < 1.29 is 4.79 Å². The van der Waals surface area contributed by atoms with E-state index in [0.29, 0.717) is 29.2 Å². The van der Waals surface area contributed by atoms with Gasteiger partial charge in [-0.2, -0.15) is 10.4 Å².